The van der Waals surface area contributed by atoms with Crippen molar-refractivity contribution in [3.05, 3.63) is 52.6 Å². The van der Waals surface area contributed by atoms with Crippen LogP contribution in [0.5, 0.6) is 0 Å². The second kappa shape index (κ2) is 9.41. The van der Waals surface area contributed by atoms with E-state index in [2.05, 4.69) is 19.7 Å². The highest BCUT2D eigenvalue weighted by Gasteiger charge is 2.31. The maximum absolute atomic E-state index is 14.6. The molecule has 1 aromatic carbocycles. The van der Waals surface area contributed by atoms with Crippen molar-refractivity contribution in [2.45, 2.75) is 38.6 Å². The van der Waals surface area contributed by atoms with Gasteiger partial charge in [-0.15, -0.1) is 0 Å². The number of aryl methyl sites for hydroxylation is 1. The van der Waals surface area contributed by atoms with Crippen LogP contribution in [0, 0.1) is 5.82 Å². The molecular weight excluding hydrogens is 430 g/mol. The second-order valence-electron chi connectivity index (χ2n) is 6.58. The van der Waals surface area contributed by atoms with Gasteiger partial charge in [-0.1, -0.05) is 0 Å². The lowest BCUT2D eigenvalue weighted by molar-refractivity contribution is -0.138. The van der Waals surface area contributed by atoms with E-state index in [1.54, 1.807) is 0 Å². The van der Waals surface area contributed by atoms with Gasteiger partial charge in [0.1, 0.15) is 5.82 Å². The maximum Gasteiger partial charge on any atom is 0.419 e. The Morgan fingerprint density at radius 2 is 1.74 bits per heavy atom. The molecular formula is C19H16F6N4O2. The van der Waals surface area contributed by atoms with E-state index in [1.807, 2.05) is 0 Å². The highest BCUT2D eigenvalue weighted by atomic mass is 19.4. The number of benzene rings is 1. The molecule has 0 unspecified atom stereocenters. The molecule has 3 aromatic rings. The van der Waals surface area contributed by atoms with Gasteiger partial charge < -0.3 is 4.74 Å². The molecule has 0 amide bonds. The minimum absolute atomic E-state index is 0.0169. The molecule has 31 heavy (non-hydrogen) atoms. The molecule has 0 radical (unpaired) electrons. The van der Waals surface area contributed by atoms with Crippen LogP contribution in [0.25, 0.3) is 22.3 Å². The first-order valence-electron chi connectivity index (χ1n) is 9.15. The van der Waals surface area contributed by atoms with Gasteiger partial charge in [0, 0.05) is 18.9 Å². The molecule has 0 atom stereocenters. The molecule has 0 aliphatic heterocycles. The monoisotopic (exact) mass is 446 g/mol. The Morgan fingerprint density at radius 3 is 2.39 bits per heavy atom. The molecule has 0 N–H and O–H groups in total. The first-order valence-corrected chi connectivity index (χ1v) is 9.15. The Hall–Kier alpha value is -3.02. The van der Waals surface area contributed by atoms with Crippen LogP contribution in [0.15, 0.2) is 35.6 Å². The molecule has 0 saturated carbocycles. The number of fused-ring (bicyclic) bond motifs is 1. The summed E-state index contributed by atoms with van der Waals surface area (Å²) in [6.07, 6.45) is -0.841. The van der Waals surface area contributed by atoms with Crippen LogP contribution in [-0.4, -0.2) is 32.7 Å². The van der Waals surface area contributed by atoms with Crippen LogP contribution in [0.3, 0.4) is 0 Å². The number of aromatic nitrogens is 4. The summed E-state index contributed by atoms with van der Waals surface area (Å²) >= 11 is 0. The first-order chi connectivity index (χ1) is 14.7. The molecule has 6 nitrogen and oxygen atoms in total. The van der Waals surface area contributed by atoms with Crippen molar-refractivity contribution in [3.8, 4) is 11.4 Å². The number of alkyl halides is 5. The molecule has 166 valence electrons. The summed E-state index contributed by atoms with van der Waals surface area (Å²) in [5.41, 5.74) is -1.64. The van der Waals surface area contributed by atoms with E-state index < -0.39 is 29.7 Å². The highest BCUT2D eigenvalue weighted by Crippen LogP contribution is 2.29. The van der Waals surface area contributed by atoms with Crippen molar-refractivity contribution >= 4 is 10.9 Å². The maximum atomic E-state index is 14.6. The van der Waals surface area contributed by atoms with Gasteiger partial charge in [-0.05, 0) is 31.4 Å². The van der Waals surface area contributed by atoms with Crippen molar-refractivity contribution < 1.29 is 31.1 Å². The zero-order chi connectivity index (χ0) is 22.6. The van der Waals surface area contributed by atoms with Crippen LogP contribution in [0.1, 0.15) is 24.8 Å². The lowest BCUT2D eigenvalue weighted by Gasteiger charge is -2.09. The molecule has 2 aromatic heterocycles. The fourth-order valence-electron chi connectivity index (χ4n) is 2.86. The average molecular weight is 446 g/mol. The minimum Gasteiger partial charge on any atom is -0.323 e. The second-order valence-corrected chi connectivity index (χ2v) is 6.58. The third-order valence-electron chi connectivity index (χ3n) is 4.42. The van der Waals surface area contributed by atoms with E-state index in [-0.39, 0.29) is 35.4 Å². The molecule has 2 heterocycles. The molecule has 0 saturated heterocycles. The molecule has 0 aliphatic carbocycles. The number of unbranched alkanes of at least 4 members (excludes halogenated alkanes) is 2. The van der Waals surface area contributed by atoms with Crippen molar-refractivity contribution in [2.24, 2.45) is 0 Å². The summed E-state index contributed by atoms with van der Waals surface area (Å²) in [7, 11) is 0. The minimum atomic E-state index is -4.62. The van der Waals surface area contributed by atoms with Crippen LogP contribution in [0.2, 0.25) is 0 Å². The van der Waals surface area contributed by atoms with Crippen LogP contribution in [0.4, 0.5) is 26.3 Å². The Labute approximate surface area is 171 Å². The Bertz CT molecular complexity index is 1100. The zero-order valence-electron chi connectivity index (χ0n) is 15.9. The summed E-state index contributed by atoms with van der Waals surface area (Å²) in [5, 5.41) is -0.0169. The van der Waals surface area contributed by atoms with Crippen molar-refractivity contribution in [1.29, 1.82) is 0 Å². The zero-order valence-corrected chi connectivity index (χ0v) is 15.9. The molecule has 0 bridgehead atoms. The largest absolute Gasteiger partial charge is 0.419 e. The van der Waals surface area contributed by atoms with E-state index >= 15 is 0 Å². The van der Waals surface area contributed by atoms with Crippen molar-refractivity contribution in [1.82, 2.24) is 19.5 Å². The van der Waals surface area contributed by atoms with Gasteiger partial charge in [-0.2, -0.15) is 22.0 Å². The Kier molecular flexibility index (Phi) is 6.88. The smallest absolute Gasteiger partial charge is 0.323 e. The fourth-order valence-corrected chi connectivity index (χ4v) is 2.86. The molecule has 0 aliphatic rings. The van der Waals surface area contributed by atoms with Gasteiger partial charge in [0.15, 0.2) is 5.82 Å². The van der Waals surface area contributed by atoms with E-state index in [0.29, 0.717) is 31.7 Å². The van der Waals surface area contributed by atoms with Gasteiger partial charge in [0.2, 0.25) is 0 Å². The average Bonchev–Trinajstić information content (AvgIpc) is 2.71. The van der Waals surface area contributed by atoms with Crippen molar-refractivity contribution in [2.75, 3.05) is 6.61 Å². The van der Waals surface area contributed by atoms with Gasteiger partial charge >= 0.3 is 12.8 Å². The third-order valence-corrected chi connectivity index (χ3v) is 4.42. The molecule has 3 rings (SSSR count). The van der Waals surface area contributed by atoms with Crippen LogP contribution >= 0.6 is 0 Å². The van der Waals surface area contributed by atoms with Gasteiger partial charge in [0.05, 0.1) is 35.0 Å². The molecule has 0 spiro atoms. The van der Waals surface area contributed by atoms with Gasteiger partial charge in [-0.25, -0.2) is 19.3 Å². The number of nitrogens with zero attached hydrogens (tertiary/aromatic N) is 4. The predicted molar refractivity (Wildman–Crippen MR) is 97.8 cm³/mol. The summed E-state index contributed by atoms with van der Waals surface area (Å²) < 4.78 is 81.6. The van der Waals surface area contributed by atoms with Crippen molar-refractivity contribution in [3.63, 3.8) is 0 Å². The highest BCUT2D eigenvalue weighted by molar-refractivity contribution is 5.82. The normalized spacial score (nSPS) is 12.1. The van der Waals surface area contributed by atoms with E-state index in [9.17, 15) is 31.1 Å². The number of rotatable bonds is 8. The van der Waals surface area contributed by atoms with Crippen LogP contribution < -0.4 is 5.56 Å². The number of halogens is 6. The third kappa shape index (κ3) is 5.57. The van der Waals surface area contributed by atoms with Gasteiger partial charge in [-0.3, -0.25) is 9.36 Å². The molecule has 12 heteroatoms. The Balaban J connectivity index is 1.77. The predicted octanol–water partition coefficient (Wildman–Crippen LogP) is 4.42. The Morgan fingerprint density at radius 1 is 1.03 bits per heavy atom. The van der Waals surface area contributed by atoms with E-state index in [4.69, 9.17) is 0 Å². The summed E-state index contributed by atoms with van der Waals surface area (Å²) in [6, 6.07) is 2.13. The summed E-state index contributed by atoms with van der Waals surface area (Å²) in [6.45, 7) is -2.66. The SMILES string of the molecule is O=c1c2cc(F)c(-c3ncc(C(F)(F)F)cn3)cc2ncn1CCCCCOC(F)F. The number of hydrogen-bond acceptors (Lipinski definition) is 5. The lowest BCUT2D eigenvalue weighted by Crippen LogP contribution is -2.21. The first kappa shape index (κ1) is 22.7. The van der Waals surface area contributed by atoms with Gasteiger partial charge in [0.25, 0.3) is 5.56 Å². The number of ether oxygens (including phenoxy) is 1. The summed E-state index contributed by atoms with van der Waals surface area (Å²) in [5.74, 6) is -1.16. The molecule has 0 fully saturated rings. The standard InChI is InChI=1S/C19H16F6N4O2/c20-14-6-13-15(7-12(14)16-26-8-11(9-27-16)19(23,24)25)28-10-29(17(13)30)4-2-1-3-5-31-18(21)22/h6-10,18H,1-5H2. The summed E-state index contributed by atoms with van der Waals surface area (Å²) in [4.78, 5) is 23.8. The number of hydrogen-bond donors (Lipinski definition) is 0. The fraction of sp³-hybridized carbons (Fsp3) is 0.368. The van der Waals surface area contributed by atoms with E-state index in [1.165, 1.54) is 17.0 Å². The quantitative estimate of drug-likeness (QED) is 0.379. The topological polar surface area (TPSA) is 69.9 Å². The van der Waals surface area contributed by atoms with E-state index in [0.717, 1.165) is 6.07 Å². The lowest BCUT2D eigenvalue weighted by atomic mass is 10.1. The van der Waals surface area contributed by atoms with Crippen LogP contribution in [-0.2, 0) is 17.5 Å².